The molecule has 21 heavy (non-hydrogen) atoms. The Balaban J connectivity index is 2.17. The van der Waals surface area contributed by atoms with Crippen molar-refractivity contribution < 1.29 is 28.2 Å². The lowest BCUT2D eigenvalue weighted by molar-refractivity contribution is -0.139. The predicted octanol–water partition coefficient (Wildman–Crippen LogP) is 0.344. The number of hydrogen-bond donors (Lipinski definition) is 2. The maximum atomic E-state index is 12.3. The van der Waals surface area contributed by atoms with Crippen LogP contribution in [0.1, 0.15) is 17.9 Å². The summed E-state index contributed by atoms with van der Waals surface area (Å²) in [7, 11) is -3.94. The summed E-state index contributed by atoms with van der Waals surface area (Å²) in [5.74, 6) is -2.96. The van der Waals surface area contributed by atoms with Gasteiger partial charge >= 0.3 is 11.9 Å². The molecular weight excluding hydrogens is 298 g/mol. The molecule has 1 saturated carbocycles. The van der Waals surface area contributed by atoms with Gasteiger partial charge in [0.1, 0.15) is 13.1 Å². The van der Waals surface area contributed by atoms with Gasteiger partial charge in [0.15, 0.2) is 0 Å². The third-order valence-corrected chi connectivity index (χ3v) is 5.59. The maximum Gasteiger partial charge on any atom is 0.318 e. The van der Waals surface area contributed by atoms with Crippen LogP contribution in [0.5, 0.6) is 0 Å². The normalized spacial score (nSPS) is 21.2. The second kappa shape index (κ2) is 5.82. The first-order valence-corrected chi connectivity index (χ1v) is 7.80. The third kappa shape index (κ3) is 3.59. The van der Waals surface area contributed by atoms with E-state index in [1.54, 1.807) is 24.3 Å². The van der Waals surface area contributed by atoms with Gasteiger partial charge < -0.3 is 10.2 Å². The highest BCUT2D eigenvalue weighted by Crippen LogP contribution is 2.46. The van der Waals surface area contributed by atoms with E-state index in [4.69, 9.17) is 10.2 Å². The molecule has 0 aromatic heterocycles. The monoisotopic (exact) mass is 313 g/mol. The van der Waals surface area contributed by atoms with Crippen LogP contribution in [0.4, 0.5) is 0 Å². The molecule has 1 fully saturated rings. The van der Waals surface area contributed by atoms with Gasteiger partial charge in [0.05, 0.1) is 5.25 Å². The molecule has 0 aliphatic heterocycles. The molecule has 2 atom stereocenters. The van der Waals surface area contributed by atoms with Crippen LogP contribution < -0.4 is 0 Å². The van der Waals surface area contributed by atoms with Gasteiger partial charge in [0.2, 0.25) is 10.0 Å². The summed E-state index contributed by atoms with van der Waals surface area (Å²) in [4.78, 5) is 21.5. The molecule has 0 bridgehead atoms. The zero-order valence-corrected chi connectivity index (χ0v) is 11.9. The van der Waals surface area contributed by atoms with Gasteiger partial charge in [0.25, 0.3) is 0 Å². The van der Waals surface area contributed by atoms with Gasteiger partial charge in [-0.25, -0.2) is 8.42 Å². The summed E-state index contributed by atoms with van der Waals surface area (Å²) >= 11 is 0. The predicted molar refractivity (Wildman–Crippen MR) is 73.4 cm³/mol. The molecule has 1 aromatic rings. The van der Waals surface area contributed by atoms with Crippen LogP contribution in [0.25, 0.3) is 0 Å². The van der Waals surface area contributed by atoms with Crippen molar-refractivity contribution in [2.24, 2.45) is 0 Å². The average molecular weight is 313 g/mol. The van der Waals surface area contributed by atoms with Crippen molar-refractivity contribution in [3.05, 3.63) is 35.9 Å². The number of carboxylic acids is 2. The molecule has 2 rings (SSSR count). The van der Waals surface area contributed by atoms with E-state index < -0.39 is 40.3 Å². The van der Waals surface area contributed by atoms with Crippen LogP contribution in [0.15, 0.2) is 30.3 Å². The second-order valence-electron chi connectivity index (χ2n) is 4.89. The van der Waals surface area contributed by atoms with Crippen molar-refractivity contribution in [1.82, 2.24) is 4.31 Å². The number of benzene rings is 1. The Hall–Kier alpha value is -1.93. The highest BCUT2D eigenvalue weighted by molar-refractivity contribution is 7.90. The number of nitrogens with zero attached hydrogens (tertiary/aromatic N) is 1. The summed E-state index contributed by atoms with van der Waals surface area (Å²) in [6.07, 6.45) is 0.377. The number of sulfonamides is 1. The minimum atomic E-state index is -3.94. The molecule has 1 aliphatic rings. The zero-order valence-electron chi connectivity index (χ0n) is 11.0. The molecule has 0 saturated heterocycles. The smallest absolute Gasteiger partial charge is 0.318 e. The number of rotatable bonds is 7. The van der Waals surface area contributed by atoms with Gasteiger partial charge in [-0.3, -0.25) is 9.59 Å². The van der Waals surface area contributed by atoms with E-state index in [9.17, 15) is 18.0 Å². The minimum absolute atomic E-state index is 0.207. The molecule has 1 aromatic carbocycles. The summed E-state index contributed by atoms with van der Waals surface area (Å²) in [5, 5.41) is 16.7. The third-order valence-electron chi connectivity index (χ3n) is 3.33. The minimum Gasteiger partial charge on any atom is -0.480 e. The fraction of sp³-hybridized carbons (Fsp3) is 0.385. The molecule has 7 nitrogen and oxygen atoms in total. The molecule has 0 spiro atoms. The van der Waals surface area contributed by atoms with Crippen molar-refractivity contribution in [1.29, 1.82) is 0 Å². The molecule has 0 radical (unpaired) electrons. The van der Waals surface area contributed by atoms with E-state index >= 15 is 0 Å². The summed E-state index contributed by atoms with van der Waals surface area (Å²) in [6.45, 7) is -1.68. The highest BCUT2D eigenvalue weighted by atomic mass is 32.2. The zero-order chi connectivity index (χ0) is 15.6. The Morgan fingerprint density at radius 2 is 1.62 bits per heavy atom. The van der Waals surface area contributed by atoms with Crippen LogP contribution in [-0.2, 0) is 19.6 Å². The fourth-order valence-electron chi connectivity index (χ4n) is 2.28. The Bertz CT molecular complexity index is 626. The molecule has 8 heteroatoms. The first kappa shape index (κ1) is 15.5. The van der Waals surface area contributed by atoms with Crippen molar-refractivity contribution >= 4 is 22.0 Å². The lowest BCUT2D eigenvalue weighted by Crippen LogP contribution is -2.41. The number of carboxylic acid groups (broad SMARTS) is 2. The molecule has 0 amide bonds. The standard InChI is InChI=1S/C13H15NO6S/c15-12(16)7-14(8-13(17)18)21(19,20)11-6-10(11)9-4-2-1-3-5-9/h1-5,10-11H,6-8H2,(H,15,16)(H,17,18). The Labute approximate surface area is 121 Å². The molecule has 0 heterocycles. The van der Waals surface area contributed by atoms with Crippen molar-refractivity contribution in [3.8, 4) is 0 Å². The summed E-state index contributed by atoms with van der Waals surface area (Å²) in [6, 6.07) is 9.02. The van der Waals surface area contributed by atoms with Gasteiger partial charge in [-0.15, -0.1) is 0 Å². The van der Waals surface area contributed by atoms with Gasteiger partial charge in [0, 0.05) is 5.92 Å². The van der Waals surface area contributed by atoms with Crippen LogP contribution >= 0.6 is 0 Å². The topological polar surface area (TPSA) is 112 Å². The molecule has 2 unspecified atom stereocenters. The highest BCUT2D eigenvalue weighted by Gasteiger charge is 2.51. The summed E-state index contributed by atoms with van der Waals surface area (Å²) < 4.78 is 25.2. The van der Waals surface area contributed by atoms with Crippen LogP contribution in [0.2, 0.25) is 0 Å². The molecule has 2 N–H and O–H groups in total. The van der Waals surface area contributed by atoms with Gasteiger partial charge in [-0.2, -0.15) is 4.31 Å². The molecule has 114 valence electrons. The molecular formula is C13H15NO6S. The average Bonchev–Trinajstić information content (AvgIpc) is 3.18. The van der Waals surface area contributed by atoms with E-state index in [2.05, 4.69) is 0 Å². The maximum absolute atomic E-state index is 12.3. The quantitative estimate of drug-likeness (QED) is 0.751. The molecule has 1 aliphatic carbocycles. The Morgan fingerprint density at radius 1 is 1.10 bits per heavy atom. The Morgan fingerprint density at radius 3 is 2.10 bits per heavy atom. The number of aliphatic carboxylic acids is 2. The van der Waals surface area contributed by atoms with E-state index in [1.807, 2.05) is 6.07 Å². The van der Waals surface area contributed by atoms with Crippen molar-refractivity contribution in [2.75, 3.05) is 13.1 Å². The van der Waals surface area contributed by atoms with Crippen LogP contribution in [0, 0.1) is 0 Å². The first-order chi connectivity index (χ1) is 9.82. The van der Waals surface area contributed by atoms with E-state index in [0.29, 0.717) is 10.7 Å². The first-order valence-electron chi connectivity index (χ1n) is 6.30. The Kier molecular flexibility index (Phi) is 4.29. The number of carbonyl (C=O) groups is 2. The lowest BCUT2D eigenvalue weighted by Gasteiger charge is -2.18. The van der Waals surface area contributed by atoms with Crippen LogP contribution in [-0.4, -0.2) is 53.2 Å². The van der Waals surface area contributed by atoms with Gasteiger partial charge in [-0.05, 0) is 12.0 Å². The van der Waals surface area contributed by atoms with E-state index in [-0.39, 0.29) is 5.92 Å². The van der Waals surface area contributed by atoms with E-state index in [1.165, 1.54) is 0 Å². The van der Waals surface area contributed by atoms with Gasteiger partial charge in [-0.1, -0.05) is 30.3 Å². The largest absolute Gasteiger partial charge is 0.480 e. The second-order valence-corrected chi connectivity index (χ2v) is 7.04. The summed E-state index contributed by atoms with van der Waals surface area (Å²) in [5.41, 5.74) is 0.858. The number of hydrogen-bond acceptors (Lipinski definition) is 4. The van der Waals surface area contributed by atoms with E-state index in [0.717, 1.165) is 5.56 Å². The van der Waals surface area contributed by atoms with Crippen molar-refractivity contribution in [3.63, 3.8) is 0 Å². The lowest BCUT2D eigenvalue weighted by atomic mass is 10.1. The fourth-order valence-corrected chi connectivity index (χ4v) is 4.27. The SMILES string of the molecule is O=C(O)CN(CC(=O)O)S(=O)(=O)C1CC1c1ccccc1. The van der Waals surface area contributed by atoms with Crippen LogP contribution in [0.3, 0.4) is 0 Å². The van der Waals surface area contributed by atoms with Crippen molar-refractivity contribution in [2.45, 2.75) is 17.6 Å².